The first kappa shape index (κ1) is 19.0. The van der Waals surface area contributed by atoms with E-state index in [2.05, 4.69) is 38.6 Å². The summed E-state index contributed by atoms with van der Waals surface area (Å²) in [5.74, 6) is 2.73. The Morgan fingerprint density at radius 3 is 2.85 bits per heavy atom. The second-order valence-electron chi connectivity index (χ2n) is 6.68. The molecule has 0 atom stereocenters. The van der Waals surface area contributed by atoms with E-state index in [9.17, 15) is 0 Å². The number of nitrogens with one attached hydrogen (secondary N) is 1. The Bertz CT molecular complexity index is 819. The number of hydrogen-bond donors (Lipinski definition) is 1. The minimum absolute atomic E-state index is 0.804. The summed E-state index contributed by atoms with van der Waals surface area (Å²) in [4.78, 5) is 6.72. The molecule has 6 nitrogen and oxygen atoms in total. The van der Waals surface area contributed by atoms with Crippen molar-refractivity contribution in [3.8, 4) is 5.75 Å². The van der Waals surface area contributed by atoms with Crippen LogP contribution in [0.1, 0.15) is 29.0 Å². The van der Waals surface area contributed by atoms with E-state index >= 15 is 0 Å². The van der Waals surface area contributed by atoms with Gasteiger partial charge in [0.1, 0.15) is 11.5 Å². The fourth-order valence-electron chi connectivity index (χ4n) is 3.44. The van der Waals surface area contributed by atoms with Crippen LogP contribution in [0.5, 0.6) is 5.75 Å². The van der Waals surface area contributed by atoms with Crippen molar-refractivity contribution in [3.63, 3.8) is 0 Å². The maximum absolute atomic E-state index is 5.34. The lowest BCUT2D eigenvalue weighted by Gasteiger charge is -2.30. The summed E-state index contributed by atoms with van der Waals surface area (Å²) in [6.45, 7) is 6.53. The maximum atomic E-state index is 5.34. The Hall–Kier alpha value is -2.76. The van der Waals surface area contributed by atoms with Gasteiger partial charge in [-0.15, -0.1) is 0 Å². The first-order valence-corrected chi connectivity index (χ1v) is 9.33. The predicted octanol–water partition coefficient (Wildman–Crippen LogP) is 3.21. The highest BCUT2D eigenvalue weighted by Crippen LogP contribution is 2.25. The van der Waals surface area contributed by atoms with Crippen LogP contribution < -0.4 is 10.1 Å². The molecule has 144 valence electrons. The minimum Gasteiger partial charge on any atom is -0.497 e. The zero-order chi connectivity index (χ0) is 19.2. The Labute approximate surface area is 160 Å². The average Bonchev–Trinajstić information content (AvgIpc) is 3.03. The third kappa shape index (κ3) is 4.51. The van der Waals surface area contributed by atoms with Gasteiger partial charge in [-0.25, -0.2) is 0 Å². The largest absolute Gasteiger partial charge is 0.497 e. The van der Waals surface area contributed by atoms with Gasteiger partial charge in [0, 0.05) is 32.2 Å². The van der Waals surface area contributed by atoms with Crippen LogP contribution in [0.4, 0.5) is 0 Å². The molecule has 0 saturated carbocycles. The number of nitrogens with zero attached hydrogens (tertiary/aromatic N) is 3. The van der Waals surface area contributed by atoms with E-state index in [1.807, 2.05) is 33.0 Å². The molecule has 1 N–H and O–H groups in total. The summed E-state index contributed by atoms with van der Waals surface area (Å²) in [7, 11) is 3.54. The number of guanidine groups is 1. The van der Waals surface area contributed by atoms with E-state index in [1.54, 1.807) is 7.11 Å². The van der Waals surface area contributed by atoms with Gasteiger partial charge in [-0.1, -0.05) is 23.4 Å². The van der Waals surface area contributed by atoms with Gasteiger partial charge in [0.05, 0.1) is 12.8 Å². The van der Waals surface area contributed by atoms with Crippen LogP contribution in [0.3, 0.4) is 0 Å². The minimum atomic E-state index is 0.804. The second kappa shape index (κ2) is 8.75. The van der Waals surface area contributed by atoms with E-state index in [4.69, 9.17) is 9.26 Å². The molecule has 6 heteroatoms. The average molecular weight is 368 g/mol. The molecule has 0 spiro atoms. The molecule has 0 radical (unpaired) electrons. The molecule has 1 aromatic carbocycles. The van der Waals surface area contributed by atoms with Gasteiger partial charge in [0.25, 0.3) is 0 Å². The van der Waals surface area contributed by atoms with Crippen molar-refractivity contribution in [2.24, 2.45) is 4.99 Å². The number of rotatable bonds is 5. The zero-order valence-electron chi connectivity index (χ0n) is 16.6. The molecule has 1 aliphatic heterocycles. The van der Waals surface area contributed by atoms with E-state index in [1.165, 1.54) is 16.7 Å². The van der Waals surface area contributed by atoms with Crippen molar-refractivity contribution < 1.29 is 9.26 Å². The lowest BCUT2D eigenvalue weighted by Crippen LogP contribution is -2.44. The van der Waals surface area contributed by atoms with E-state index in [0.717, 1.165) is 55.6 Å². The lowest BCUT2D eigenvalue weighted by atomic mass is 9.99. The van der Waals surface area contributed by atoms with E-state index < -0.39 is 0 Å². The number of benzene rings is 1. The van der Waals surface area contributed by atoms with Crippen molar-refractivity contribution in [1.82, 2.24) is 15.4 Å². The zero-order valence-corrected chi connectivity index (χ0v) is 16.6. The quantitative estimate of drug-likeness (QED) is 0.649. The van der Waals surface area contributed by atoms with Crippen LogP contribution in [0, 0.1) is 13.8 Å². The molecule has 3 rings (SSSR count). The van der Waals surface area contributed by atoms with Crippen molar-refractivity contribution in [3.05, 3.63) is 52.9 Å². The Morgan fingerprint density at radius 2 is 2.22 bits per heavy atom. The number of aromatic nitrogens is 1. The molecule has 0 saturated heterocycles. The summed E-state index contributed by atoms with van der Waals surface area (Å²) in [5.41, 5.74) is 4.73. The van der Waals surface area contributed by atoms with E-state index in [0.29, 0.717) is 0 Å². The Morgan fingerprint density at radius 1 is 1.37 bits per heavy atom. The standard InChI is InChI=1S/C21H28N4O2/c1-15-20(16(2)27-24-15)8-11-23-21(22-3)25-12-9-17(10-13-25)18-6-5-7-19(14-18)26-4/h5-7,9,14H,8,10-13H2,1-4H3,(H,22,23). The number of ether oxygens (including phenoxy) is 1. The van der Waals surface area contributed by atoms with Gasteiger partial charge < -0.3 is 19.5 Å². The molecule has 2 aromatic rings. The molecule has 0 unspecified atom stereocenters. The Kier molecular flexibility index (Phi) is 6.16. The first-order chi connectivity index (χ1) is 13.1. The molecular weight excluding hydrogens is 340 g/mol. The number of aryl methyl sites for hydroxylation is 2. The van der Waals surface area contributed by atoms with Gasteiger partial charge in [0.2, 0.25) is 0 Å². The molecule has 1 aliphatic rings. The highest BCUT2D eigenvalue weighted by molar-refractivity contribution is 5.81. The second-order valence-corrected chi connectivity index (χ2v) is 6.68. The number of aliphatic imine (C=N–C) groups is 1. The summed E-state index contributed by atoms with van der Waals surface area (Å²) in [6.07, 6.45) is 4.14. The Balaban J connectivity index is 1.57. The topological polar surface area (TPSA) is 62.9 Å². The van der Waals surface area contributed by atoms with Crippen LogP contribution in [-0.4, -0.2) is 49.8 Å². The number of hydrogen-bond acceptors (Lipinski definition) is 4. The summed E-state index contributed by atoms with van der Waals surface area (Å²) in [6, 6.07) is 8.25. The monoisotopic (exact) mass is 368 g/mol. The molecular formula is C21H28N4O2. The maximum Gasteiger partial charge on any atom is 0.193 e. The first-order valence-electron chi connectivity index (χ1n) is 9.33. The van der Waals surface area contributed by atoms with Gasteiger partial charge >= 0.3 is 0 Å². The molecule has 1 aromatic heterocycles. The fraction of sp³-hybridized carbons (Fsp3) is 0.429. The lowest BCUT2D eigenvalue weighted by molar-refractivity contribution is 0.392. The third-order valence-electron chi connectivity index (χ3n) is 5.00. The van der Waals surface area contributed by atoms with Crippen molar-refractivity contribution in [2.45, 2.75) is 26.7 Å². The van der Waals surface area contributed by atoms with Gasteiger partial charge in [-0.3, -0.25) is 4.99 Å². The van der Waals surface area contributed by atoms with Gasteiger partial charge in [-0.05, 0) is 50.0 Å². The molecule has 0 fully saturated rings. The van der Waals surface area contributed by atoms with Crippen LogP contribution in [-0.2, 0) is 6.42 Å². The normalized spacial score (nSPS) is 14.9. The van der Waals surface area contributed by atoms with Crippen LogP contribution in [0.25, 0.3) is 5.57 Å². The van der Waals surface area contributed by atoms with E-state index in [-0.39, 0.29) is 0 Å². The predicted molar refractivity (Wildman–Crippen MR) is 108 cm³/mol. The molecule has 0 amide bonds. The smallest absolute Gasteiger partial charge is 0.193 e. The van der Waals surface area contributed by atoms with Crippen molar-refractivity contribution in [2.75, 3.05) is 33.8 Å². The van der Waals surface area contributed by atoms with Crippen LogP contribution >= 0.6 is 0 Å². The molecule has 2 heterocycles. The van der Waals surface area contributed by atoms with Crippen molar-refractivity contribution in [1.29, 1.82) is 0 Å². The summed E-state index contributed by atoms with van der Waals surface area (Å²) < 4.78 is 10.6. The van der Waals surface area contributed by atoms with Crippen LogP contribution in [0.2, 0.25) is 0 Å². The number of methoxy groups -OCH3 is 1. The van der Waals surface area contributed by atoms with Crippen molar-refractivity contribution >= 4 is 11.5 Å². The third-order valence-corrected chi connectivity index (χ3v) is 5.00. The SMILES string of the molecule is CN=C(NCCc1c(C)noc1C)N1CC=C(c2cccc(OC)c2)CC1. The van der Waals surface area contributed by atoms with Gasteiger partial charge in [0.15, 0.2) is 5.96 Å². The van der Waals surface area contributed by atoms with Gasteiger partial charge in [-0.2, -0.15) is 0 Å². The molecule has 0 bridgehead atoms. The molecule has 0 aliphatic carbocycles. The highest BCUT2D eigenvalue weighted by Gasteiger charge is 2.17. The highest BCUT2D eigenvalue weighted by atomic mass is 16.5. The fourth-order valence-corrected chi connectivity index (χ4v) is 3.44. The van der Waals surface area contributed by atoms with Crippen LogP contribution in [0.15, 0.2) is 39.9 Å². The summed E-state index contributed by atoms with van der Waals surface area (Å²) >= 11 is 0. The summed E-state index contributed by atoms with van der Waals surface area (Å²) in [5, 5.41) is 7.48. The molecule has 27 heavy (non-hydrogen) atoms.